The molecular weight excluding hydrogens is 350 g/mol. The van der Waals surface area contributed by atoms with Gasteiger partial charge in [0.05, 0.1) is 12.1 Å². The minimum Gasteiger partial charge on any atom is -0.451 e. The molecule has 2 aromatic heterocycles. The molecular formula is C16H12ClN3O3S. The summed E-state index contributed by atoms with van der Waals surface area (Å²) < 4.78 is 5.56. The largest absolute Gasteiger partial charge is 0.451 e. The molecule has 3 rings (SSSR count). The minimum absolute atomic E-state index is 0.0356. The van der Waals surface area contributed by atoms with Crippen LogP contribution in [0.1, 0.15) is 16.2 Å². The fourth-order valence-electron chi connectivity index (χ4n) is 2.01. The Kier molecular flexibility index (Phi) is 4.64. The molecule has 0 unspecified atom stereocenters. The van der Waals surface area contributed by atoms with Crippen molar-refractivity contribution in [2.45, 2.75) is 6.42 Å². The van der Waals surface area contributed by atoms with Gasteiger partial charge in [-0.1, -0.05) is 11.6 Å². The number of aromatic nitrogens is 1. The zero-order valence-electron chi connectivity index (χ0n) is 12.3. The molecule has 0 aliphatic heterocycles. The summed E-state index contributed by atoms with van der Waals surface area (Å²) in [5.41, 5.74) is 6.44. The smallest absolute Gasteiger partial charge is 0.293 e. The van der Waals surface area contributed by atoms with Gasteiger partial charge in [0.1, 0.15) is 5.76 Å². The fourth-order valence-corrected chi connectivity index (χ4v) is 2.84. The second kappa shape index (κ2) is 6.86. The lowest BCUT2D eigenvalue weighted by Crippen LogP contribution is -2.14. The Labute approximate surface area is 146 Å². The summed E-state index contributed by atoms with van der Waals surface area (Å²) in [4.78, 5) is 27.2. The Bertz CT molecular complexity index is 886. The standard InChI is InChI=1S/C16H12ClN3O3S/c17-10-3-1-9(2-4-10)12-5-6-13(23-12)15(22)20-16-19-11(8-24-16)7-14(18)21/h1-6,8H,7H2,(H2,18,21)(H,19,20,22). The van der Waals surface area contributed by atoms with E-state index in [1.807, 2.05) is 0 Å². The first kappa shape index (κ1) is 16.2. The highest BCUT2D eigenvalue weighted by atomic mass is 35.5. The number of primary amides is 1. The average Bonchev–Trinajstić information content (AvgIpc) is 3.17. The maximum absolute atomic E-state index is 12.2. The number of nitrogens with one attached hydrogen (secondary N) is 1. The van der Waals surface area contributed by atoms with Gasteiger partial charge >= 0.3 is 0 Å². The van der Waals surface area contributed by atoms with Gasteiger partial charge in [-0.05, 0) is 36.4 Å². The molecule has 3 aromatic rings. The number of hydrogen-bond donors (Lipinski definition) is 2. The van der Waals surface area contributed by atoms with E-state index in [0.29, 0.717) is 21.6 Å². The number of halogens is 1. The Morgan fingerprint density at radius 2 is 1.96 bits per heavy atom. The molecule has 1 aromatic carbocycles. The number of furan rings is 1. The number of rotatable bonds is 5. The number of thiazole rings is 1. The summed E-state index contributed by atoms with van der Waals surface area (Å²) in [6.45, 7) is 0. The summed E-state index contributed by atoms with van der Waals surface area (Å²) in [5.74, 6) is -0.177. The SMILES string of the molecule is NC(=O)Cc1csc(NC(=O)c2ccc(-c3ccc(Cl)cc3)o2)n1. The van der Waals surface area contributed by atoms with E-state index >= 15 is 0 Å². The Morgan fingerprint density at radius 3 is 2.67 bits per heavy atom. The second-order valence-electron chi connectivity index (χ2n) is 4.91. The molecule has 8 heteroatoms. The Morgan fingerprint density at radius 1 is 1.21 bits per heavy atom. The van der Waals surface area contributed by atoms with Crippen molar-refractivity contribution in [1.82, 2.24) is 4.98 Å². The molecule has 2 heterocycles. The van der Waals surface area contributed by atoms with Crippen molar-refractivity contribution >= 4 is 39.9 Å². The molecule has 0 radical (unpaired) electrons. The van der Waals surface area contributed by atoms with Crippen molar-refractivity contribution in [3.05, 3.63) is 58.3 Å². The van der Waals surface area contributed by atoms with Crippen LogP contribution in [-0.4, -0.2) is 16.8 Å². The molecule has 0 saturated heterocycles. The first-order valence-electron chi connectivity index (χ1n) is 6.91. The Hall–Kier alpha value is -2.64. The van der Waals surface area contributed by atoms with Gasteiger partial charge in [0, 0.05) is 16.0 Å². The van der Waals surface area contributed by atoms with Gasteiger partial charge in [-0.2, -0.15) is 0 Å². The third kappa shape index (κ3) is 3.81. The fraction of sp³-hybridized carbons (Fsp3) is 0.0625. The highest BCUT2D eigenvalue weighted by molar-refractivity contribution is 7.14. The number of anilines is 1. The third-order valence-electron chi connectivity index (χ3n) is 3.09. The Balaban J connectivity index is 1.70. The average molecular weight is 362 g/mol. The second-order valence-corrected chi connectivity index (χ2v) is 6.21. The molecule has 0 fully saturated rings. The number of hydrogen-bond acceptors (Lipinski definition) is 5. The van der Waals surface area contributed by atoms with Gasteiger partial charge in [-0.25, -0.2) is 4.98 Å². The first-order valence-corrected chi connectivity index (χ1v) is 8.17. The molecule has 0 bridgehead atoms. The summed E-state index contributed by atoms with van der Waals surface area (Å²) in [6.07, 6.45) is 0.0356. The molecule has 3 N–H and O–H groups in total. The van der Waals surface area contributed by atoms with E-state index < -0.39 is 11.8 Å². The molecule has 0 saturated carbocycles. The van der Waals surface area contributed by atoms with E-state index in [9.17, 15) is 9.59 Å². The lowest BCUT2D eigenvalue weighted by Gasteiger charge is -1.99. The van der Waals surface area contributed by atoms with Gasteiger partial charge < -0.3 is 10.2 Å². The van der Waals surface area contributed by atoms with Gasteiger partial charge in [0.15, 0.2) is 10.9 Å². The van der Waals surface area contributed by atoms with Crippen LogP contribution in [0.5, 0.6) is 0 Å². The molecule has 24 heavy (non-hydrogen) atoms. The van der Waals surface area contributed by atoms with Gasteiger partial charge in [0.2, 0.25) is 5.91 Å². The van der Waals surface area contributed by atoms with Gasteiger partial charge in [-0.3, -0.25) is 14.9 Å². The van der Waals surface area contributed by atoms with E-state index in [0.717, 1.165) is 5.56 Å². The van der Waals surface area contributed by atoms with Crippen molar-refractivity contribution in [2.75, 3.05) is 5.32 Å². The molecule has 2 amide bonds. The molecule has 122 valence electrons. The monoisotopic (exact) mass is 361 g/mol. The number of carbonyl (C=O) groups excluding carboxylic acids is 2. The number of benzene rings is 1. The van der Waals surface area contributed by atoms with Gasteiger partial charge in [0.25, 0.3) is 5.91 Å². The van der Waals surface area contributed by atoms with E-state index in [4.69, 9.17) is 21.8 Å². The van der Waals surface area contributed by atoms with Crippen molar-refractivity contribution in [3.63, 3.8) is 0 Å². The van der Waals surface area contributed by atoms with Crippen molar-refractivity contribution in [3.8, 4) is 11.3 Å². The molecule has 6 nitrogen and oxygen atoms in total. The normalized spacial score (nSPS) is 10.5. The molecule has 0 aliphatic rings. The number of nitrogens with zero attached hydrogens (tertiary/aromatic N) is 1. The maximum Gasteiger partial charge on any atom is 0.293 e. The van der Waals surface area contributed by atoms with Crippen molar-refractivity contribution < 1.29 is 14.0 Å². The maximum atomic E-state index is 12.2. The minimum atomic E-state index is -0.475. The van der Waals surface area contributed by atoms with Crippen LogP contribution in [0.15, 0.2) is 46.2 Å². The van der Waals surface area contributed by atoms with E-state index in [-0.39, 0.29) is 12.2 Å². The summed E-state index contributed by atoms with van der Waals surface area (Å²) in [6, 6.07) is 10.4. The number of nitrogens with two attached hydrogens (primary N) is 1. The predicted molar refractivity (Wildman–Crippen MR) is 92.1 cm³/mol. The third-order valence-corrected chi connectivity index (χ3v) is 4.14. The van der Waals surface area contributed by atoms with Crippen LogP contribution >= 0.6 is 22.9 Å². The predicted octanol–water partition coefficient (Wildman–Crippen LogP) is 3.34. The van der Waals surface area contributed by atoms with Crippen LogP contribution < -0.4 is 11.1 Å². The number of amides is 2. The zero-order chi connectivity index (χ0) is 17.1. The van der Waals surface area contributed by atoms with Crippen LogP contribution in [0.4, 0.5) is 5.13 Å². The van der Waals surface area contributed by atoms with E-state index in [1.54, 1.807) is 41.8 Å². The van der Waals surface area contributed by atoms with E-state index in [2.05, 4.69) is 10.3 Å². The molecule has 0 spiro atoms. The highest BCUT2D eigenvalue weighted by Crippen LogP contribution is 2.24. The van der Waals surface area contributed by atoms with Crippen LogP contribution in [0.25, 0.3) is 11.3 Å². The van der Waals surface area contributed by atoms with Crippen molar-refractivity contribution in [2.24, 2.45) is 5.73 Å². The lowest BCUT2D eigenvalue weighted by atomic mass is 10.2. The van der Waals surface area contributed by atoms with E-state index in [1.165, 1.54) is 11.3 Å². The topological polar surface area (TPSA) is 98.2 Å². The lowest BCUT2D eigenvalue weighted by molar-refractivity contribution is -0.117. The quantitative estimate of drug-likeness (QED) is 0.728. The van der Waals surface area contributed by atoms with Crippen LogP contribution in [0, 0.1) is 0 Å². The highest BCUT2D eigenvalue weighted by Gasteiger charge is 2.14. The van der Waals surface area contributed by atoms with Crippen LogP contribution in [0.2, 0.25) is 5.02 Å². The van der Waals surface area contributed by atoms with Crippen LogP contribution in [0.3, 0.4) is 0 Å². The number of carbonyl (C=O) groups is 2. The summed E-state index contributed by atoms with van der Waals surface area (Å²) in [7, 11) is 0. The van der Waals surface area contributed by atoms with Crippen LogP contribution in [-0.2, 0) is 11.2 Å². The molecule has 0 aliphatic carbocycles. The summed E-state index contributed by atoms with van der Waals surface area (Å²) in [5, 5.41) is 5.30. The van der Waals surface area contributed by atoms with Gasteiger partial charge in [-0.15, -0.1) is 11.3 Å². The zero-order valence-corrected chi connectivity index (χ0v) is 13.9. The first-order chi connectivity index (χ1) is 11.5. The summed E-state index contributed by atoms with van der Waals surface area (Å²) >= 11 is 7.06. The van der Waals surface area contributed by atoms with Crippen molar-refractivity contribution in [1.29, 1.82) is 0 Å². The molecule has 0 atom stereocenters.